The first-order valence-corrected chi connectivity index (χ1v) is 7.47. The number of hydrogen-bond acceptors (Lipinski definition) is 2. The smallest absolute Gasteiger partial charge is 0.251 e. The number of rotatable bonds is 4. The van der Waals surface area contributed by atoms with Crippen molar-refractivity contribution in [1.82, 2.24) is 10.3 Å². The number of amides is 1. The molecule has 2 aromatic carbocycles. The van der Waals surface area contributed by atoms with E-state index in [-0.39, 0.29) is 5.91 Å². The highest BCUT2D eigenvalue weighted by molar-refractivity contribution is 6.30. The first-order chi connectivity index (χ1) is 10.7. The minimum atomic E-state index is -0.0763. The van der Waals surface area contributed by atoms with Crippen LogP contribution < -0.4 is 5.32 Å². The zero-order valence-corrected chi connectivity index (χ0v) is 12.7. The molecule has 1 N–H and O–H groups in total. The molecule has 22 heavy (non-hydrogen) atoms. The van der Waals surface area contributed by atoms with Crippen LogP contribution in [0.15, 0.2) is 60.9 Å². The zero-order chi connectivity index (χ0) is 15.4. The van der Waals surface area contributed by atoms with Crippen LogP contribution in [-0.4, -0.2) is 17.4 Å². The number of pyridine rings is 1. The van der Waals surface area contributed by atoms with Gasteiger partial charge in [0.25, 0.3) is 5.91 Å². The number of benzene rings is 2. The van der Waals surface area contributed by atoms with Crippen LogP contribution >= 0.6 is 11.6 Å². The topological polar surface area (TPSA) is 42.0 Å². The van der Waals surface area contributed by atoms with Crippen LogP contribution in [0.1, 0.15) is 15.9 Å². The van der Waals surface area contributed by atoms with E-state index in [0.29, 0.717) is 12.1 Å². The van der Waals surface area contributed by atoms with E-state index in [2.05, 4.69) is 10.3 Å². The van der Waals surface area contributed by atoms with E-state index in [4.69, 9.17) is 11.6 Å². The van der Waals surface area contributed by atoms with E-state index in [0.717, 1.165) is 27.8 Å². The Labute approximate surface area is 133 Å². The second-order valence-corrected chi connectivity index (χ2v) is 5.47. The molecule has 0 aliphatic rings. The summed E-state index contributed by atoms with van der Waals surface area (Å²) in [6.45, 7) is 0.580. The third-order valence-electron chi connectivity index (χ3n) is 3.54. The van der Waals surface area contributed by atoms with Crippen LogP contribution in [0.2, 0.25) is 5.02 Å². The number of nitrogens with one attached hydrogen (secondary N) is 1. The van der Waals surface area contributed by atoms with Crippen molar-refractivity contribution in [3.63, 3.8) is 0 Å². The molecule has 110 valence electrons. The molecule has 0 radical (unpaired) electrons. The van der Waals surface area contributed by atoms with Crippen molar-refractivity contribution >= 4 is 28.3 Å². The summed E-state index contributed by atoms with van der Waals surface area (Å²) < 4.78 is 0. The SMILES string of the molecule is O=C(NCCc1ccc(Cl)cc1)c1cccc2ccncc12. The number of nitrogens with zero attached hydrogens (tertiary/aromatic N) is 1. The molecule has 0 aliphatic heterocycles. The molecule has 4 heteroatoms. The van der Waals surface area contributed by atoms with Gasteiger partial charge in [-0.2, -0.15) is 0 Å². The quantitative estimate of drug-likeness (QED) is 0.795. The normalized spacial score (nSPS) is 10.6. The van der Waals surface area contributed by atoms with E-state index < -0.39 is 0 Å². The van der Waals surface area contributed by atoms with Gasteiger partial charge in [-0.15, -0.1) is 0 Å². The maximum Gasteiger partial charge on any atom is 0.251 e. The third kappa shape index (κ3) is 3.26. The van der Waals surface area contributed by atoms with Gasteiger partial charge in [0.05, 0.1) is 0 Å². The molecule has 3 nitrogen and oxygen atoms in total. The van der Waals surface area contributed by atoms with E-state index in [1.807, 2.05) is 48.5 Å². The standard InChI is InChI=1S/C18H15ClN2O/c19-15-6-4-13(5-7-15)8-11-21-18(22)16-3-1-2-14-9-10-20-12-17(14)16/h1-7,9-10,12H,8,11H2,(H,21,22). The van der Waals surface area contributed by atoms with Gasteiger partial charge in [0.2, 0.25) is 0 Å². The molecule has 0 saturated carbocycles. The molecular formula is C18H15ClN2O. The summed E-state index contributed by atoms with van der Waals surface area (Å²) in [5.74, 6) is -0.0763. The van der Waals surface area contributed by atoms with Crippen molar-refractivity contribution < 1.29 is 4.79 Å². The summed E-state index contributed by atoms with van der Waals surface area (Å²) in [6.07, 6.45) is 4.22. The summed E-state index contributed by atoms with van der Waals surface area (Å²) in [4.78, 5) is 16.4. The predicted octanol–water partition coefficient (Wildman–Crippen LogP) is 3.86. The average molecular weight is 311 g/mol. The Morgan fingerprint density at radius 3 is 2.73 bits per heavy atom. The number of halogens is 1. The Hall–Kier alpha value is -2.39. The Morgan fingerprint density at radius 1 is 1.09 bits per heavy atom. The van der Waals surface area contributed by atoms with Crippen molar-refractivity contribution in [2.24, 2.45) is 0 Å². The maximum absolute atomic E-state index is 12.3. The first kappa shape index (κ1) is 14.5. The van der Waals surface area contributed by atoms with Crippen LogP contribution in [-0.2, 0) is 6.42 Å². The van der Waals surface area contributed by atoms with Gasteiger partial charge in [-0.25, -0.2) is 0 Å². The molecule has 0 fully saturated rings. The Kier molecular flexibility index (Phi) is 4.35. The molecule has 0 bridgehead atoms. The summed E-state index contributed by atoms with van der Waals surface area (Å²) in [5, 5.41) is 5.56. The Morgan fingerprint density at radius 2 is 1.91 bits per heavy atom. The molecular weight excluding hydrogens is 296 g/mol. The first-order valence-electron chi connectivity index (χ1n) is 7.09. The van der Waals surface area contributed by atoms with Crippen LogP contribution in [0.4, 0.5) is 0 Å². The number of carbonyl (C=O) groups is 1. The average Bonchev–Trinajstić information content (AvgIpc) is 2.56. The molecule has 3 rings (SSSR count). The van der Waals surface area contributed by atoms with Gasteiger partial charge >= 0.3 is 0 Å². The number of fused-ring (bicyclic) bond motifs is 1. The predicted molar refractivity (Wildman–Crippen MR) is 89.2 cm³/mol. The van der Waals surface area contributed by atoms with E-state index >= 15 is 0 Å². The van der Waals surface area contributed by atoms with Crippen LogP contribution in [0, 0.1) is 0 Å². The fraction of sp³-hybridized carbons (Fsp3) is 0.111. The fourth-order valence-electron chi connectivity index (χ4n) is 2.38. The van der Waals surface area contributed by atoms with Gasteiger partial charge in [-0.05, 0) is 41.6 Å². The molecule has 1 amide bonds. The summed E-state index contributed by atoms with van der Waals surface area (Å²) in [6, 6.07) is 15.2. The van der Waals surface area contributed by atoms with Crippen molar-refractivity contribution in [3.05, 3.63) is 77.1 Å². The lowest BCUT2D eigenvalue weighted by Gasteiger charge is -2.08. The molecule has 0 unspecified atom stereocenters. The maximum atomic E-state index is 12.3. The van der Waals surface area contributed by atoms with Crippen LogP contribution in [0.25, 0.3) is 10.8 Å². The summed E-state index contributed by atoms with van der Waals surface area (Å²) in [7, 11) is 0. The number of aromatic nitrogens is 1. The highest BCUT2D eigenvalue weighted by Crippen LogP contribution is 2.17. The molecule has 3 aromatic rings. The monoisotopic (exact) mass is 310 g/mol. The lowest BCUT2D eigenvalue weighted by molar-refractivity contribution is 0.0956. The highest BCUT2D eigenvalue weighted by Gasteiger charge is 2.09. The Balaban J connectivity index is 1.67. The number of carbonyl (C=O) groups excluding carboxylic acids is 1. The molecule has 0 spiro atoms. The molecule has 1 aromatic heterocycles. The lowest BCUT2D eigenvalue weighted by atomic mass is 10.1. The van der Waals surface area contributed by atoms with Crippen molar-refractivity contribution in [2.45, 2.75) is 6.42 Å². The number of hydrogen-bond donors (Lipinski definition) is 1. The minimum absolute atomic E-state index is 0.0763. The van der Waals surface area contributed by atoms with Gasteiger partial charge in [0.15, 0.2) is 0 Å². The summed E-state index contributed by atoms with van der Waals surface area (Å²) in [5.41, 5.74) is 1.80. The lowest BCUT2D eigenvalue weighted by Crippen LogP contribution is -2.25. The van der Waals surface area contributed by atoms with Gasteiger partial charge in [0.1, 0.15) is 0 Å². The van der Waals surface area contributed by atoms with Crippen molar-refractivity contribution in [3.8, 4) is 0 Å². The minimum Gasteiger partial charge on any atom is -0.352 e. The Bertz CT molecular complexity index is 794. The van der Waals surface area contributed by atoms with Crippen LogP contribution in [0.5, 0.6) is 0 Å². The van der Waals surface area contributed by atoms with E-state index in [1.54, 1.807) is 12.4 Å². The molecule has 1 heterocycles. The largest absolute Gasteiger partial charge is 0.352 e. The molecule has 0 atom stereocenters. The second-order valence-electron chi connectivity index (χ2n) is 5.03. The van der Waals surface area contributed by atoms with Crippen molar-refractivity contribution in [2.75, 3.05) is 6.54 Å². The van der Waals surface area contributed by atoms with E-state index in [1.165, 1.54) is 0 Å². The molecule has 0 aliphatic carbocycles. The molecule has 0 saturated heterocycles. The summed E-state index contributed by atoms with van der Waals surface area (Å²) >= 11 is 5.86. The van der Waals surface area contributed by atoms with Gasteiger partial charge in [-0.3, -0.25) is 9.78 Å². The van der Waals surface area contributed by atoms with Gasteiger partial charge in [-0.1, -0.05) is 35.9 Å². The zero-order valence-electron chi connectivity index (χ0n) is 11.9. The van der Waals surface area contributed by atoms with Crippen molar-refractivity contribution in [1.29, 1.82) is 0 Å². The van der Waals surface area contributed by atoms with Crippen LogP contribution in [0.3, 0.4) is 0 Å². The van der Waals surface area contributed by atoms with E-state index in [9.17, 15) is 4.79 Å². The fourth-order valence-corrected chi connectivity index (χ4v) is 2.50. The second kappa shape index (κ2) is 6.58. The van der Waals surface area contributed by atoms with Gasteiger partial charge in [0, 0.05) is 34.9 Å². The highest BCUT2D eigenvalue weighted by atomic mass is 35.5. The van der Waals surface area contributed by atoms with Gasteiger partial charge < -0.3 is 5.32 Å². The third-order valence-corrected chi connectivity index (χ3v) is 3.79.